The molecule has 0 aromatic heterocycles. The Bertz CT molecular complexity index is 193. The molecule has 0 heterocycles. The maximum atomic E-state index is 3.48. The van der Waals surface area contributed by atoms with Crippen molar-refractivity contribution in [3.63, 3.8) is 0 Å². The van der Waals surface area contributed by atoms with Crippen LogP contribution in [0.25, 0.3) is 0 Å². The van der Waals surface area contributed by atoms with Crippen LogP contribution in [0.3, 0.4) is 0 Å². The molecule has 0 rings (SSSR count). The van der Waals surface area contributed by atoms with Crippen molar-refractivity contribution in [3.8, 4) is 0 Å². The van der Waals surface area contributed by atoms with Crippen molar-refractivity contribution in [1.82, 2.24) is 0 Å². The first-order valence-electron chi connectivity index (χ1n) is 4.49. The highest BCUT2D eigenvalue weighted by molar-refractivity contribution is 8.05. The molecule has 0 saturated heterocycles. The number of hydrogen-bond acceptors (Lipinski definition) is 2. The van der Waals surface area contributed by atoms with Crippen molar-refractivity contribution in [1.29, 1.82) is 0 Å². The third kappa shape index (κ3) is 5.42. The smallest absolute Gasteiger partial charge is 0.181 e. The van der Waals surface area contributed by atoms with Gasteiger partial charge >= 0.3 is 0 Å². The van der Waals surface area contributed by atoms with E-state index in [1.54, 1.807) is 11.8 Å². The minimum atomic E-state index is 0.493. The SMILES string of the molecule is CCC([NH+]=C(C)C)/C(=C/SC)SC. The zero-order chi connectivity index (χ0) is 10.3. The molecule has 1 atom stereocenters. The summed E-state index contributed by atoms with van der Waals surface area (Å²) in [5, 5.41) is 2.23. The predicted molar refractivity (Wildman–Crippen MR) is 66.5 cm³/mol. The minimum absolute atomic E-state index is 0.493. The molecule has 0 amide bonds. The topological polar surface area (TPSA) is 14.0 Å². The van der Waals surface area contributed by atoms with Crippen LogP contribution in [-0.4, -0.2) is 24.3 Å². The number of nitrogens with one attached hydrogen (secondary N) is 1. The van der Waals surface area contributed by atoms with Gasteiger partial charge in [-0.1, -0.05) is 6.92 Å². The number of thioether (sulfide) groups is 2. The van der Waals surface area contributed by atoms with Crippen LogP contribution in [0.15, 0.2) is 10.3 Å². The molecule has 0 radical (unpaired) electrons. The van der Waals surface area contributed by atoms with Gasteiger partial charge in [0.2, 0.25) is 0 Å². The largest absolute Gasteiger partial charge is 0.242 e. The van der Waals surface area contributed by atoms with Gasteiger partial charge in [-0.05, 0) is 17.9 Å². The van der Waals surface area contributed by atoms with Gasteiger partial charge in [-0.15, -0.1) is 23.5 Å². The summed E-state index contributed by atoms with van der Waals surface area (Å²) in [5.74, 6) is 0. The third-order valence-corrected chi connectivity index (χ3v) is 3.20. The predicted octanol–water partition coefficient (Wildman–Crippen LogP) is 1.89. The molecule has 0 saturated carbocycles. The highest BCUT2D eigenvalue weighted by Gasteiger charge is 2.14. The van der Waals surface area contributed by atoms with Crippen LogP contribution >= 0.6 is 23.5 Å². The zero-order valence-electron chi connectivity index (χ0n) is 9.18. The summed E-state index contributed by atoms with van der Waals surface area (Å²) in [6.07, 6.45) is 5.38. The maximum absolute atomic E-state index is 3.48. The molecule has 0 fully saturated rings. The van der Waals surface area contributed by atoms with Crippen molar-refractivity contribution in [3.05, 3.63) is 10.3 Å². The fourth-order valence-corrected chi connectivity index (χ4v) is 2.69. The lowest BCUT2D eigenvalue weighted by Gasteiger charge is -2.07. The lowest BCUT2D eigenvalue weighted by atomic mass is 10.2. The summed E-state index contributed by atoms with van der Waals surface area (Å²) in [6.45, 7) is 6.43. The van der Waals surface area contributed by atoms with E-state index in [9.17, 15) is 0 Å². The van der Waals surface area contributed by atoms with E-state index in [2.05, 4.69) is 43.7 Å². The molecular formula is C10H20NS2+. The number of hydrogen-bond donors (Lipinski definition) is 1. The van der Waals surface area contributed by atoms with Crippen molar-refractivity contribution in [2.75, 3.05) is 12.5 Å². The average molecular weight is 218 g/mol. The van der Waals surface area contributed by atoms with Crippen molar-refractivity contribution >= 4 is 29.2 Å². The molecule has 76 valence electrons. The van der Waals surface area contributed by atoms with Gasteiger partial charge in [-0.3, -0.25) is 0 Å². The van der Waals surface area contributed by atoms with Gasteiger partial charge in [0, 0.05) is 20.3 Å². The normalized spacial score (nSPS) is 14.1. The van der Waals surface area contributed by atoms with Crippen LogP contribution in [0.2, 0.25) is 0 Å². The van der Waals surface area contributed by atoms with Crippen molar-refractivity contribution in [2.45, 2.75) is 33.2 Å². The van der Waals surface area contributed by atoms with E-state index in [0.717, 1.165) is 6.42 Å². The van der Waals surface area contributed by atoms with E-state index in [1.807, 2.05) is 11.8 Å². The fraction of sp³-hybridized carbons (Fsp3) is 0.700. The fourth-order valence-electron chi connectivity index (χ4n) is 1.11. The first-order valence-corrected chi connectivity index (χ1v) is 7.00. The third-order valence-electron chi connectivity index (χ3n) is 1.68. The summed E-state index contributed by atoms with van der Waals surface area (Å²) in [6, 6.07) is 0.493. The molecule has 3 heteroatoms. The van der Waals surface area contributed by atoms with E-state index in [0.29, 0.717) is 6.04 Å². The second-order valence-corrected chi connectivity index (χ2v) is 4.65. The summed E-state index contributed by atoms with van der Waals surface area (Å²) in [7, 11) is 0. The second-order valence-electron chi connectivity index (χ2n) is 3.07. The van der Waals surface area contributed by atoms with E-state index < -0.39 is 0 Å². The Morgan fingerprint density at radius 2 is 2.00 bits per heavy atom. The van der Waals surface area contributed by atoms with Crippen LogP contribution in [0.1, 0.15) is 27.2 Å². The first kappa shape index (κ1) is 13.1. The van der Waals surface area contributed by atoms with Gasteiger partial charge in [-0.25, -0.2) is 4.99 Å². The highest BCUT2D eigenvalue weighted by atomic mass is 32.2. The molecule has 0 aliphatic rings. The van der Waals surface area contributed by atoms with E-state index in [1.165, 1.54) is 10.6 Å². The van der Waals surface area contributed by atoms with Gasteiger partial charge < -0.3 is 0 Å². The maximum Gasteiger partial charge on any atom is 0.181 e. The second kappa shape index (κ2) is 7.51. The van der Waals surface area contributed by atoms with Gasteiger partial charge in [-0.2, -0.15) is 0 Å². The van der Waals surface area contributed by atoms with E-state index in [-0.39, 0.29) is 0 Å². The Balaban J connectivity index is 4.53. The summed E-state index contributed by atoms with van der Waals surface area (Å²) in [4.78, 5) is 4.91. The molecule has 0 spiro atoms. The van der Waals surface area contributed by atoms with Crippen LogP contribution in [0.4, 0.5) is 0 Å². The molecule has 0 bridgehead atoms. The summed E-state index contributed by atoms with van der Waals surface area (Å²) >= 11 is 3.61. The van der Waals surface area contributed by atoms with Crippen molar-refractivity contribution in [2.24, 2.45) is 0 Å². The minimum Gasteiger partial charge on any atom is -0.242 e. The Morgan fingerprint density at radius 3 is 2.31 bits per heavy atom. The highest BCUT2D eigenvalue weighted by Crippen LogP contribution is 2.18. The quantitative estimate of drug-likeness (QED) is 0.708. The van der Waals surface area contributed by atoms with E-state index in [4.69, 9.17) is 0 Å². The molecule has 0 aromatic carbocycles. The molecule has 1 unspecified atom stereocenters. The van der Waals surface area contributed by atoms with E-state index >= 15 is 0 Å². The molecule has 1 nitrogen and oxygen atoms in total. The van der Waals surface area contributed by atoms with Crippen molar-refractivity contribution < 1.29 is 4.99 Å². The van der Waals surface area contributed by atoms with Gasteiger partial charge in [0.25, 0.3) is 0 Å². The van der Waals surface area contributed by atoms with Crippen LogP contribution in [0, 0.1) is 0 Å². The van der Waals surface area contributed by atoms with Gasteiger partial charge in [0.15, 0.2) is 6.04 Å². The van der Waals surface area contributed by atoms with Gasteiger partial charge in [0.1, 0.15) is 5.71 Å². The van der Waals surface area contributed by atoms with Crippen LogP contribution in [-0.2, 0) is 0 Å². The molecule has 0 aliphatic heterocycles. The Labute approximate surface area is 90.5 Å². The molecule has 0 aliphatic carbocycles. The average Bonchev–Trinajstić information content (AvgIpc) is 2.10. The molecule has 1 N–H and O–H groups in total. The standard InChI is InChI=1S/C10H19NS2/c1-6-9(11-8(2)3)10(13-5)7-12-4/h7,9H,6H2,1-5H3/p+1/b10-7-. The Morgan fingerprint density at radius 1 is 1.38 bits per heavy atom. The van der Waals surface area contributed by atoms with Gasteiger partial charge in [0.05, 0.1) is 4.91 Å². The Hall–Kier alpha value is 0.110. The Kier molecular flexibility index (Phi) is 7.57. The lowest BCUT2D eigenvalue weighted by molar-refractivity contribution is -0.491. The number of rotatable bonds is 5. The molecule has 0 aromatic rings. The van der Waals surface area contributed by atoms with Crippen LogP contribution < -0.4 is 4.99 Å². The summed E-state index contributed by atoms with van der Waals surface area (Å²) in [5.41, 5.74) is 1.29. The monoisotopic (exact) mass is 218 g/mol. The summed E-state index contributed by atoms with van der Waals surface area (Å²) < 4.78 is 0. The lowest BCUT2D eigenvalue weighted by Crippen LogP contribution is -2.78. The zero-order valence-corrected chi connectivity index (χ0v) is 10.8. The van der Waals surface area contributed by atoms with Crippen LogP contribution in [0.5, 0.6) is 0 Å². The molecular weight excluding hydrogens is 198 g/mol. The first-order chi connectivity index (χ1) is 6.15. The molecule has 13 heavy (non-hydrogen) atoms.